The van der Waals surface area contributed by atoms with Gasteiger partial charge >= 0.3 is 5.97 Å². The van der Waals surface area contributed by atoms with Crippen molar-refractivity contribution < 1.29 is 37.6 Å². The fraction of sp³-hybridized carbons (Fsp3) is 0.500. The maximum Gasteiger partial charge on any atom is 0.310 e. The number of nitrogens with zero attached hydrogens (tertiary/aromatic N) is 3. The summed E-state index contributed by atoms with van der Waals surface area (Å²) in [5.41, 5.74) is 6.42. The minimum Gasteiger partial charge on any atom is -0.488 e. The second kappa shape index (κ2) is 15.3. The van der Waals surface area contributed by atoms with Crippen molar-refractivity contribution in [1.82, 2.24) is 9.38 Å². The maximum atomic E-state index is 14.6. The van der Waals surface area contributed by atoms with Crippen LogP contribution in [0.25, 0.3) is 28.0 Å². The van der Waals surface area contributed by atoms with Gasteiger partial charge in [-0.15, -0.1) is 0 Å². The molecule has 51 heavy (non-hydrogen) atoms. The molecule has 0 amide bonds. The van der Waals surface area contributed by atoms with E-state index in [9.17, 15) is 13.6 Å². The predicted octanol–water partition coefficient (Wildman–Crippen LogP) is 7.54. The van der Waals surface area contributed by atoms with Crippen molar-refractivity contribution in [1.29, 1.82) is 0 Å². The van der Waals surface area contributed by atoms with Gasteiger partial charge in [0.1, 0.15) is 23.3 Å². The Bertz CT molecular complexity index is 1890. The molecule has 5 heterocycles. The van der Waals surface area contributed by atoms with Crippen LogP contribution in [0.2, 0.25) is 0 Å². The number of pyridine rings is 1. The van der Waals surface area contributed by atoms with Crippen molar-refractivity contribution in [3.8, 4) is 28.1 Å². The number of benzene rings is 2. The third kappa shape index (κ3) is 8.71. The van der Waals surface area contributed by atoms with Gasteiger partial charge in [-0.3, -0.25) is 9.20 Å². The fourth-order valence-electron chi connectivity index (χ4n) is 6.61. The molecule has 0 saturated carbocycles. The summed E-state index contributed by atoms with van der Waals surface area (Å²) in [5.74, 6) is -1.09. The third-order valence-electron chi connectivity index (χ3n) is 9.44. The monoisotopic (exact) mass is 707 g/mol. The first-order valence-corrected chi connectivity index (χ1v) is 17.5. The van der Waals surface area contributed by atoms with Crippen LogP contribution in [0.1, 0.15) is 69.8 Å². The number of fused-ring (bicyclic) bond motifs is 8. The zero-order valence-electron chi connectivity index (χ0n) is 31.3. The Morgan fingerprint density at radius 2 is 1.69 bits per heavy atom. The molecule has 1 atom stereocenters. The average Bonchev–Trinajstić information content (AvgIpc) is 3.41. The molecular weight excluding hydrogens is 656 g/mol. The molecule has 3 aliphatic rings. The highest BCUT2D eigenvalue weighted by atomic mass is 19.2. The molecule has 0 spiro atoms. The topological polar surface area (TPSA) is 94.8 Å². The van der Waals surface area contributed by atoms with Crippen LogP contribution in [0, 0.1) is 32.4 Å². The highest BCUT2D eigenvalue weighted by Gasteiger charge is 2.34. The first-order chi connectivity index (χ1) is 24.0. The van der Waals surface area contributed by atoms with Crippen molar-refractivity contribution >= 4 is 17.4 Å². The molecule has 11 heteroatoms. The lowest BCUT2D eigenvalue weighted by molar-refractivity contribution is -0.139. The van der Waals surface area contributed by atoms with Gasteiger partial charge in [-0.25, -0.2) is 13.8 Å². The molecule has 276 valence electrons. The van der Waals surface area contributed by atoms with Crippen molar-refractivity contribution in [3.63, 3.8) is 0 Å². The number of ether oxygens (including phenoxy) is 4. The number of hydrogen-bond acceptors (Lipinski definition) is 8. The number of aliphatic hydroxyl groups is 1. The summed E-state index contributed by atoms with van der Waals surface area (Å²) in [7, 11) is 1.41. The normalized spacial score (nSPS) is 19.6. The number of rotatable bonds is 2. The molecule has 0 unspecified atom stereocenters. The molecule has 1 fully saturated rings. The summed E-state index contributed by atoms with van der Waals surface area (Å²) in [6, 6.07) is 9.87. The van der Waals surface area contributed by atoms with Gasteiger partial charge in [-0.05, 0) is 97.1 Å². The lowest BCUT2D eigenvalue weighted by Crippen LogP contribution is -2.45. The van der Waals surface area contributed by atoms with Crippen LogP contribution in [-0.4, -0.2) is 77.8 Å². The van der Waals surface area contributed by atoms with E-state index in [1.54, 1.807) is 20.8 Å². The van der Waals surface area contributed by atoms with Gasteiger partial charge in [0.25, 0.3) is 0 Å². The maximum absolute atomic E-state index is 14.6. The molecule has 2 aromatic heterocycles. The number of halogens is 2. The Morgan fingerprint density at radius 3 is 2.35 bits per heavy atom. The molecule has 4 aromatic rings. The molecule has 9 nitrogen and oxygen atoms in total. The van der Waals surface area contributed by atoms with Crippen LogP contribution in [-0.2, 0) is 25.4 Å². The number of hydrogen-bond donors (Lipinski definition) is 1. The Balaban J connectivity index is 0.000000943. The van der Waals surface area contributed by atoms with Crippen LogP contribution in [0.3, 0.4) is 0 Å². The SMILES string of the molecule is CC(C)(C)O.COC(=O)Cc1c(C)c(C)c2nc3c(C)n2c1N1CCC(C)(CC1)OCCOC[C@H](C)Oc1cc(F)c(F)cc1-c1cccc-3c1. The Morgan fingerprint density at radius 1 is 1.04 bits per heavy atom. The lowest BCUT2D eigenvalue weighted by Gasteiger charge is -2.41. The van der Waals surface area contributed by atoms with Gasteiger partial charge in [0.15, 0.2) is 11.6 Å². The first kappa shape index (κ1) is 38.2. The molecule has 0 aliphatic carbocycles. The van der Waals surface area contributed by atoms with Crippen LogP contribution in [0.4, 0.5) is 14.6 Å². The second-order valence-electron chi connectivity index (χ2n) is 14.8. The third-order valence-corrected chi connectivity index (χ3v) is 9.44. The van der Waals surface area contributed by atoms with E-state index in [0.717, 1.165) is 77.1 Å². The molecule has 0 radical (unpaired) electrons. The minimum absolute atomic E-state index is 0.135. The van der Waals surface area contributed by atoms with E-state index < -0.39 is 23.3 Å². The van der Waals surface area contributed by atoms with E-state index >= 15 is 0 Å². The summed E-state index contributed by atoms with van der Waals surface area (Å²) in [6.07, 6.45) is 1.30. The molecule has 3 aliphatic heterocycles. The van der Waals surface area contributed by atoms with Crippen LogP contribution in [0.15, 0.2) is 36.4 Å². The van der Waals surface area contributed by atoms with Crippen molar-refractivity contribution in [3.05, 3.63) is 70.4 Å². The van der Waals surface area contributed by atoms with Crippen LogP contribution < -0.4 is 9.64 Å². The van der Waals surface area contributed by atoms with E-state index in [1.807, 2.05) is 52.0 Å². The Labute approximate surface area is 299 Å². The van der Waals surface area contributed by atoms with Crippen LogP contribution >= 0.6 is 0 Å². The molecule has 7 rings (SSSR count). The van der Waals surface area contributed by atoms with Gasteiger partial charge in [0.2, 0.25) is 0 Å². The van der Waals surface area contributed by atoms with Crippen molar-refractivity contribution in [2.75, 3.05) is 44.9 Å². The van der Waals surface area contributed by atoms with E-state index in [4.69, 9.17) is 29.0 Å². The number of carbonyl (C=O) groups is 1. The predicted molar refractivity (Wildman–Crippen MR) is 195 cm³/mol. The summed E-state index contributed by atoms with van der Waals surface area (Å²) in [4.78, 5) is 20.2. The number of aromatic nitrogens is 2. The van der Waals surface area contributed by atoms with Crippen molar-refractivity contribution in [2.45, 2.75) is 92.0 Å². The number of carbonyl (C=O) groups excluding carboxylic acids is 1. The van der Waals surface area contributed by atoms with E-state index in [1.165, 1.54) is 13.2 Å². The van der Waals surface area contributed by atoms with E-state index in [-0.39, 0.29) is 30.3 Å². The zero-order valence-corrected chi connectivity index (χ0v) is 31.3. The quantitative estimate of drug-likeness (QED) is 0.169. The molecule has 1 saturated heterocycles. The van der Waals surface area contributed by atoms with Gasteiger partial charge in [0, 0.05) is 41.5 Å². The van der Waals surface area contributed by atoms with Gasteiger partial charge < -0.3 is 29.0 Å². The fourth-order valence-corrected chi connectivity index (χ4v) is 6.61. The summed E-state index contributed by atoms with van der Waals surface area (Å²) in [5, 5.41) is 8.52. The minimum atomic E-state index is -0.985. The second-order valence-corrected chi connectivity index (χ2v) is 14.8. The highest BCUT2D eigenvalue weighted by Crippen LogP contribution is 2.40. The number of imidazole rings is 1. The summed E-state index contributed by atoms with van der Waals surface area (Å²) >= 11 is 0. The summed E-state index contributed by atoms with van der Waals surface area (Å²) in [6.45, 7) is 17.8. The number of piperidine rings is 1. The molecular formula is C40H51F2N3O6. The van der Waals surface area contributed by atoms with Crippen LogP contribution in [0.5, 0.6) is 5.75 Å². The van der Waals surface area contributed by atoms with Gasteiger partial charge in [-0.1, -0.05) is 18.2 Å². The first-order valence-electron chi connectivity index (χ1n) is 17.5. The Hall–Kier alpha value is -4.06. The highest BCUT2D eigenvalue weighted by molar-refractivity contribution is 5.81. The average molecular weight is 708 g/mol. The van der Waals surface area contributed by atoms with E-state index in [0.29, 0.717) is 24.3 Å². The van der Waals surface area contributed by atoms with Gasteiger partial charge in [0.05, 0.1) is 50.2 Å². The number of esters is 1. The molecule has 6 bridgehead atoms. The number of anilines is 1. The van der Waals surface area contributed by atoms with E-state index in [2.05, 4.69) is 16.2 Å². The molecule has 2 aromatic carbocycles. The standard InChI is InChI=1S/C36H41F2N3O5.C4H10O/c1-21-20-44-14-15-45-36(5)10-12-40(13-11-36)35-27(18-32(42)43-6)22(2)23(3)34-39-33(24(4)41(34)35)26-9-7-8-25(16-26)28-17-29(37)30(38)19-31(28)46-21;1-4(2,3)5/h7-9,16-17,19,21H,10-15,18,20H2,1-6H3;5H,1-3H3/t21-;/m0./s1. The number of methoxy groups -OCH3 is 1. The smallest absolute Gasteiger partial charge is 0.310 e. The van der Waals surface area contributed by atoms with Crippen molar-refractivity contribution in [2.24, 2.45) is 0 Å². The molecule has 1 N–H and O–H groups in total. The summed E-state index contributed by atoms with van der Waals surface area (Å²) < 4.78 is 54.7. The largest absolute Gasteiger partial charge is 0.488 e. The zero-order chi connectivity index (χ0) is 37.2. The Kier molecular flexibility index (Phi) is 11.4. The lowest BCUT2D eigenvalue weighted by atomic mass is 9.92. The van der Waals surface area contributed by atoms with Gasteiger partial charge in [-0.2, -0.15) is 0 Å². The number of aryl methyl sites for hydroxylation is 2.